The highest BCUT2D eigenvalue weighted by molar-refractivity contribution is 5.93. The van der Waals surface area contributed by atoms with Gasteiger partial charge in [0.1, 0.15) is 5.75 Å². The molecule has 0 spiro atoms. The molecular weight excluding hydrogens is 180 g/mol. The zero-order valence-corrected chi connectivity index (χ0v) is 7.65. The van der Waals surface area contributed by atoms with E-state index in [1.54, 1.807) is 12.1 Å². The first kappa shape index (κ1) is 8.69. The first-order chi connectivity index (χ1) is 6.59. The van der Waals surface area contributed by atoms with Gasteiger partial charge in [0.25, 0.3) is 0 Å². The third-order valence-corrected chi connectivity index (χ3v) is 2.31. The summed E-state index contributed by atoms with van der Waals surface area (Å²) in [6.45, 7) is 1.87. The van der Waals surface area contributed by atoms with E-state index >= 15 is 0 Å². The minimum atomic E-state index is -0.224. The monoisotopic (exact) mass is 190 g/mol. The second-order valence-corrected chi connectivity index (χ2v) is 3.29. The van der Waals surface area contributed by atoms with Gasteiger partial charge >= 0.3 is 0 Å². The first-order valence-electron chi connectivity index (χ1n) is 4.24. The van der Waals surface area contributed by atoms with Gasteiger partial charge in [-0.2, -0.15) is 0 Å². The number of aromatic hydroxyl groups is 3. The van der Waals surface area contributed by atoms with Crippen LogP contribution in [0.1, 0.15) is 5.56 Å². The second-order valence-electron chi connectivity index (χ2n) is 3.29. The van der Waals surface area contributed by atoms with Crippen molar-refractivity contribution in [2.75, 3.05) is 0 Å². The smallest absolute Gasteiger partial charge is 0.158 e. The molecular formula is C11H10O3. The summed E-state index contributed by atoms with van der Waals surface area (Å²) in [5, 5.41) is 29.4. The lowest BCUT2D eigenvalue weighted by Gasteiger charge is -2.06. The number of hydrogen-bond donors (Lipinski definition) is 3. The summed E-state index contributed by atoms with van der Waals surface area (Å²) in [6, 6.07) is 6.12. The van der Waals surface area contributed by atoms with E-state index in [9.17, 15) is 15.3 Å². The molecule has 0 bridgehead atoms. The quantitative estimate of drug-likeness (QED) is 0.558. The Morgan fingerprint density at radius 3 is 2.00 bits per heavy atom. The molecule has 3 N–H and O–H groups in total. The van der Waals surface area contributed by atoms with Gasteiger partial charge in [0, 0.05) is 5.39 Å². The maximum Gasteiger partial charge on any atom is 0.158 e. The lowest BCUT2D eigenvalue weighted by Crippen LogP contribution is -1.80. The molecule has 2 rings (SSSR count). The van der Waals surface area contributed by atoms with Crippen molar-refractivity contribution >= 4 is 10.8 Å². The molecule has 0 aliphatic rings. The Morgan fingerprint density at radius 2 is 1.36 bits per heavy atom. The fraction of sp³-hybridized carbons (Fsp3) is 0.0909. The highest BCUT2D eigenvalue weighted by Gasteiger charge is 2.07. The van der Waals surface area contributed by atoms with Crippen LogP contribution in [0.5, 0.6) is 17.2 Å². The molecule has 0 radical (unpaired) electrons. The van der Waals surface area contributed by atoms with Crippen LogP contribution in [0, 0.1) is 6.92 Å². The van der Waals surface area contributed by atoms with Crippen LogP contribution in [-0.4, -0.2) is 15.3 Å². The lowest BCUT2D eigenvalue weighted by molar-refractivity contribution is 0.404. The Balaban J connectivity index is 2.94. The van der Waals surface area contributed by atoms with E-state index in [1.807, 2.05) is 6.92 Å². The SMILES string of the molecule is Cc1ccc(O)c2cc(O)c(O)cc12. The Labute approximate surface area is 80.9 Å². The summed E-state index contributed by atoms with van der Waals surface area (Å²) < 4.78 is 0. The molecule has 3 heteroatoms. The van der Waals surface area contributed by atoms with Gasteiger partial charge in [0.15, 0.2) is 11.5 Å². The van der Waals surface area contributed by atoms with Gasteiger partial charge in [0.2, 0.25) is 0 Å². The number of phenols is 3. The standard InChI is InChI=1S/C11H10O3/c1-6-2-3-9(12)8-5-11(14)10(13)4-7(6)8/h2-5,12-14H,1H3. The van der Waals surface area contributed by atoms with Crippen LogP contribution in [0.3, 0.4) is 0 Å². The Morgan fingerprint density at radius 1 is 0.786 bits per heavy atom. The number of fused-ring (bicyclic) bond motifs is 1. The number of benzene rings is 2. The van der Waals surface area contributed by atoms with Gasteiger partial charge in [-0.15, -0.1) is 0 Å². The Hall–Kier alpha value is -1.90. The van der Waals surface area contributed by atoms with E-state index in [1.165, 1.54) is 12.1 Å². The van der Waals surface area contributed by atoms with E-state index in [0.29, 0.717) is 5.39 Å². The average Bonchev–Trinajstić information content (AvgIpc) is 2.15. The van der Waals surface area contributed by atoms with Crippen LogP contribution in [-0.2, 0) is 0 Å². The van der Waals surface area contributed by atoms with Crippen molar-refractivity contribution in [3.05, 3.63) is 29.8 Å². The summed E-state index contributed by atoms with van der Waals surface area (Å²) in [7, 11) is 0. The Bertz CT molecular complexity index is 457. The molecule has 0 atom stereocenters. The maximum absolute atomic E-state index is 9.52. The van der Waals surface area contributed by atoms with Crippen LogP contribution in [0.2, 0.25) is 0 Å². The number of hydrogen-bond acceptors (Lipinski definition) is 3. The fourth-order valence-electron chi connectivity index (χ4n) is 1.50. The first-order valence-corrected chi connectivity index (χ1v) is 4.24. The van der Waals surface area contributed by atoms with Crippen LogP contribution in [0.25, 0.3) is 10.8 Å². The van der Waals surface area contributed by atoms with Gasteiger partial charge in [-0.3, -0.25) is 0 Å². The van der Waals surface area contributed by atoms with E-state index in [4.69, 9.17) is 0 Å². The topological polar surface area (TPSA) is 60.7 Å². The normalized spacial score (nSPS) is 10.6. The summed E-state index contributed by atoms with van der Waals surface area (Å²) in [5.74, 6) is -0.300. The van der Waals surface area contributed by atoms with Crippen molar-refractivity contribution in [1.29, 1.82) is 0 Å². The van der Waals surface area contributed by atoms with E-state index in [2.05, 4.69) is 0 Å². The molecule has 0 aliphatic carbocycles. The van der Waals surface area contributed by atoms with Gasteiger partial charge in [-0.05, 0) is 36.1 Å². The molecule has 2 aromatic carbocycles. The molecule has 0 fully saturated rings. The van der Waals surface area contributed by atoms with Crippen molar-refractivity contribution in [3.8, 4) is 17.2 Å². The third kappa shape index (κ3) is 1.14. The number of aryl methyl sites for hydroxylation is 1. The van der Waals surface area contributed by atoms with Gasteiger partial charge in [-0.25, -0.2) is 0 Å². The maximum atomic E-state index is 9.52. The van der Waals surface area contributed by atoms with Crippen molar-refractivity contribution < 1.29 is 15.3 Å². The molecule has 72 valence electrons. The molecule has 14 heavy (non-hydrogen) atoms. The van der Waals surface area contributed by atoms with Gasteiger partial charge in [0.05, 0.1) is 0 Å². The van der Waals surface area contributed by atoms with E-state index in [0.717, 1.165) is 10.9 Å². The van der Waals surface area contributed by atoms with Crippen LogP contribution in [0.15, 0.2) is 24.3 Å². The zero-order chi connectivity index (χ0) is 10.3. The summed E-state index contributed by atoms with van der Waals surface area (Å²) >= 11 is 0. The molecule has 0 aromatic heterocycles. The molecule has 0 saturated carbocycles. The fourth-order valence-corrected chi connectivity index (χ4v) is 1.50. The molecule has 0 heterocycles. The highest BCUT2D eigenvalue weighted by atomic mass is 16.3. The lowest BCUT2D eigenvalue weighted by atomic mass is 10.0. The summed E-state index contributed by atoms with van der Waals surface area (Å²) in [6.07, 6.45) is 0. The van der Waals surface area contributed by atoms with E-state index in [-0.39, 0.29) is 17.2 Å². The molecule has 2 aromatic rings. The third-order valence-electron chi connectivity index (χ3n) is 2.31. The van der Waals surface area contributed by atoms with Crippen LogP contribution < -0.4 is 0 Å². The molecule has 0 amide bonds. The highest BCUT2D eigenvalue weighted by Crippen LogP contribution is 2.35. The van der Waals surface area contributed by atoms with Crippen molar-refractivity contribution in [2.24, 2.45) is 0 Å². The van der Waals surface area contributed by atoms with Crippen LogP contribution >= 0.6 is 0 Å². The number of phenolic OH excluding ortho intramolecular Hbond substituents is 3. The van der Waals surface area contributed by atoms with Gasteiger partial charge in [-0.1, -0.05) is 6.07 Å². The largest absolute Gasteiger partial charge is 0.507 e. The Kier molecular flexibility index (Phi) is 1.74. The molecule has 0 unspecified atom stereocenters. The predicted molar refractivity (Wildman–Crippen MR) is 53.7 cm³/mol. The molecule has 3 nitrogen and oxygen atoms in total. The van der Waals surface area contributed by atoms with Crippen molar-refractivity contribution in [1.82, 2.24) is 0 Å². The zero-order valence-electron chi connectivity index (χ0n) is 7.65. The summed E-state index contributed by atoms with van der Waals surface area (Å²) in [4.78, 5) is 0. The molecule has 0 saturated heterocycles. The average molecular weight is 190 g/mol. The predicted octanol–water partition coefficient (Wildman–Crippen LogP) is 2.27. The van der Waals surface area contributed by atoms with Crippen molar-refractivity contribution in [3.63, 3.8) is 0 Å². The van der Waals surface area contributed by atoms with E-state index < -0.39 is 0 Å². The minimum Gasteiger partial charge on any atom is -0.507 e. The summed E-state index contributed by atoms with van der Waals surface area (Å²) in [5.41, 5.74) is 0.938. The van der Waals surface area contributed by atoms with Crippen molar-refractivity contribution in [2.45, 2.75) is 6.92 Å². The second kappa shape index (κ2) is 2.80. The molecule has 0 aliphatic heterocycles. The van der Waals surface area contributed by atoms with Crippen LogP contribution in [0.4, 0.5) is 0 Å². The number of rotatable bonds is 0. The minimum absolute atomic E-state index is 0.0981. The van der Waals surface area contributed by atoms with Gasteiger partial charge < -0.3 is 15.3 Å².